The van der Waals surface area contributed by atoms with Crippen molar-refractivity contribution in [2.24, 2.45) is 7.05 Å². The number of anilines is 1. The predicted molar refractivity (Wildman–Crippen MR) is 119 cm³/mol. The van der Waals surface area contributed by atoms with Crippen molar-refractivity contribution in [1.29, 1.82) is 0 Å². The molecule has 4 heterocycles. The molecule has 0 saturated carbocycles. The quantitative estimate of drug-likeness (QED) is 0.385. The molecule has 0 atom stereocenters. The van der Waals surface area contributed by atoms with Crippen molar-refractivity contribution in [3.8, 4) is 11.1 Å². The van der Waals surface area contributed by atoms with Gasteiger partial charge in [0.15, 0.2) is 0 Å². The van der Waals surface area contributed by atoms with Crippen molar-refractivity contribution in [3.05, 3.63) is 77.7 Å². The number of fused-ring (bicyclic) bond motifs is 3. The summed E-state index contributed by atoms with van der Waals surface area (Å²) < 4.78 is 8.38. The van der Waals surface area contributed by atoms with E-state index < -0.39 is 0 Å². The van der Waals surface area contributed by atoms with Crippen LogP contribution >= 0.6 is 0 Å². The molecule has 0 fully saturated rings. The molecule has 0 unspecified atom stereocenters. The van der Waals surface area contributed by atoms with Gasteiger partial charge in [-0.3, -0.25) is 4.81 Å². The van der Waals surface area contributed by atoms with Crippen molar-refractivity contribution in [2.75, 3.05) is 4.81 Å². The SMILES string of the molecule is CB1c2oc3nc(C)ccc3c2C=CN1c1cc(-c2ccccc2)c(C)c[n+]1C. The van der Waals surface area contributed by atoms with Crippen LogP contribution in [-0.2, 0) is 7.05 Å². The van der Waals surface area contributed by atoms with E-state index in [9.17, 15) is 0 Å². The predicted octanol–water partition coefficient (Wildman–Crippen LogP) is 4.26. The van der Waals surface area contributed by atoms with Crippen molar-refractivity contribution in [3.63, 3.8) is 0 Å². The van der Waals surface area contributed by atoms with Gasteiger partial charge in [0.25, 0.3) is 5.82 Å². The Bertz CT molecular complexity index is 1260. The van der Waals surface area contributed by atoms with E-state index >= 15 is 0 Å². The molecule has 0 radical (unpaired) electrons. The van der Waals surface area contributed by atoms with Crippen molar-refractivity contribution < 1.29 is 8.98 Å². The van der Waals surface area contributed by atoms with E-state index in [1.165, 1.54) is 16.7 Å². The van der Waals surface area contributed by atoms with Crippen LogP contribution in [0.15, 0.2) is 65.3 Å². The molecule has 1 aromatic carbocycles. The molecule has 4 nitrogen and oxygen atoms in total. The van der Waals surface area contributed by atoms with E-state index in [1.54, 1.807) is 0 Å². The molecule has 1 aliphatic rings. The lowest BCUT2D eigenvalue weighted by molar-refractivity contribution is -0.658. The van der Waals surface area contributed by atoms with Gasteiger partial charge in [0, 0.05) is 22.7 Å². The van der Waals surface area contributed by atoms with E-state index in [-0.39, 0.29) is 6.85 Å². The van der Waals surface area contributed by atoms with Crippen LogP contribution in [0.25, 0.3) is 28.3 Å². The molecule has 3 aromatic heterocycles. The minimum atomic E-state index is 0.0713. The largest absolute Gasteiger partial charge is 0.447 e. The fourth-order valence-electron chi connectivity index (χ4n) is 4.23. The zero-order chi connectivity index (χ0) is 20.1. The number of aryl methyl sites for hydroxylation is 3. The Balaban J connectivity index is 1.62. The van der Waals surface area contributed by atoms with E-state index in [4.69, 9.17) is 4.42 Å². The topological polar surface area (TPSA) is 33.2 Å². The van der Waals surface area contributed by atoms with E-state index in [1.807, 2.05) is 13.0 Å². The first-order chi connectivity index (χ1) is 14.0. The summed E-state index contributed by atoms with van der Waals surface area (Å²) in [6, 6.07) is 16.9. The smallest absolute Gasteiger partial charge is 0.447 e. The summed E-state index contributed by atoms with van der Waals surface area (Å²) in [6.45, 7) is 6.40. The lowest BCUT2D eigenvalue weighted by Gasteiger charge is -2.22. The minimum absolute atomic E-state index is 0.0713. The van der Waals surface area contributed by atoms with Gasteiger partial charge in [-0.2, -0.15) is 0 Å². The number of aromatic nitrogens is 2. The molecular weight excluding hydrogens is 357 g/mol. The van der Waals surface area contributed by atoms with Crippen LogP contribution in [0.5, 0.6) is 0 Å². The van der Waals surface area contributed by atoms with E-state index in [2.05, 4.69) is 96.1 Å². The fraction of sp³-hybridized carbons (Fsp3) is 0.167. The Morgan fingerprint density at radius 1 is 1.07 bits per heavy atom. The summed E-state index contributed by atoms with van der Waals surface area (Å²) in [5.74, 6) is 1.12. The standard InChI is InChI=1S/C24H23BN3O/c1-16-15-27(4)22(14-21(16)18-8-6-5-7-9-18)28-13-12-19-20-11-10-17(2)26-24(20)29-23(19)25(28)3/h5-15H,1-4H3/q+1. The van der Waals surface area contributed by atoms with Gasteiger partial charge in [-0.25, -0.2) is 9.55 Å². The average molecular weight is 380 g/mol. The fourth-order valence-corrected chi connectivity index (χ4v) is 4.23. The van der Waals surface area contributed by atoms with Gasteiger partial charge in [-0.05, 0) is 55.6 Å². The first-order valence-electron chi connectivity index (χ1n) is 9.95. The summed E-state index contributed by atoms with van der Waals surface area (Å²) in [5, 5.41) is 1.08. The second-order valence-corrected chi connectivity index (χ2v) is 7.79. The zero-order valence-electron chi connectivity index (χ0n) is 17.2. The van der Waals surface area contributed by atoms with Crippen molar-refractivity contribution in [2.45, 2.75) is 20.7 Å². The van der Waals surface area contributed by atoms with E-state index in [0.29, 0.717) is 5.71 Å². The van der Waals surface area contributed by atoms with Crippen LogP contribution in [-0.4, -0.2) is 11.8 Å². The lowest BCUT2D eigenvalue weighted by Crippen LogP contribution is -2.50. The van der Waals surface area contributed by atoms with Gasteiger partial charge in [0.05, 0.1) is 19.4 Å². The number of hydrogen-bond donors (Lipinski definition) is 0. The highest BCUT2D eigenvalue weighted by Gasteiger charge is 2.38. The maximum absolute atomic E-state index is 6.20. The van der Waals surface area contributed by atoms with Crippen LogP contribution in [0.2, 0.25) is 6.82 Å². The second kappa shape index (κ2) is 6.62. The number of pyridine rings is 2. The molecule has 0 spiro atoms. The molecule has 1 aliphatic heterocycles. The Labute approximate surface area is 171 Å². The zero-order valence-corrected chi connectivity index (χ0v) is 17.2. The monoisotopic (exact) mass is 380 g/mol. The third-order valence-electron chi connectivity index (χ3n) is 5.76. The number of furan rings is 1. The third-order valence-corrected chi connectivity index (χ3v) is 5.76. The second-order valence-electron chi connectivity index (χ2n) is 7.79. The normalized spacial score (nSPS) is 13.2. The number of nitrogens with zero attached hydrogens (tertiary/aromatic N) is 3. The molecule has 0 amide bonds. The molecule has 5 heteroatoms. The molecule has 29 heavy (non-hydrogen) atoms. The number of hydrogen-bond acceptors (Lipinski definition) is 3. The first-order valence-corrected chi connectivity index (χ1v) is 9.95. The van der Waals surface area contributed by atoms with Crippen molar-refractivity contribution in [1.82, 2.24) is 4.98 Å². The Morgan fingerprint density at radius 2 is 1.86 bits per heavy atom. The van der Waals surface area contributed by atoms with Gasteiger partial charge >= 0.3 is 6.85 Å². The van der Waals surface area contributed by atoms with Gasteiger partial charge in [-0.1, -0.05) is 30.3 Å². The van der Waals surface area contributed by atoms with E-state index in [0.717, 1.165) is 28.1 Å². The lowest BCUT2D eigenvalue weighted by atomic mass is 9.58. The van der Waals surface area contributed by atoms with Crippen LogP contribution in [0.4, 0.5) is 5.82 Å². The number of rotatable bonds is 2. The molecule has 4 aromatic rings. The van der Waals surface area contributed by atoms with Gasteiger partial charge < -0.3 is 4.42 Å². The molecule has 0 saturated heterocycles. The summed E-state index contributed by atoms with van der Waals surface area (Å²) in [7, 11) is 2.09. The Hall–Kier alpha value is -3.34. The maximum Gasteiger partial charge on any atom is 0.447 e. The number of benzene rings is 1. The summed E-state index contributed by atoms with van der Waals surface area (Å²) in [6.07, 6.45) is 6.48. The summed E-state index contributed by atoms with van der Waals surface area (Å²) in [4.78, 5) is 6.84. The Morgan fingerprint density at radius 3 is 2.66 bits per heavy atom. The highest BCUT2D eigenvalue weighted by atomic mass is 16.3. The molecule has 0 N–H and O–H groups in total. The van der Waals surface area contributed by atoms with Gasteiger partial charge in [0.2, 0.25) is 5.71 Å². The third kappa shape index (κ3) is 2.85. The molecule has 5 rings (SSSR count). The average Bonchev–Trinajstić information content (AvgIpc) is 3.08. The minimum Gasteiger partial charge on any atom is -0.447 e. The molecule has 142 valence electrons. The van der Waals surface area contributed by atoms with Crippen LogP contribution in [0.1, 0.15) is 16.8 Å². The van der Waals surface area contributed by atoms with Crippen LogP contribution in [0, 0.1) is 13.8 Å². The highest BCUT2D eigenvalue weighted by molar-refractivity contribution is 6.76. The van der Waals surface area contributed by atoms with Crippen LogP contribution in [0.3, 0.4) is 0 Å². The summed E-state index contributed by atoms with van der Waals surface area (Å²) in [5.41, 5.74) is 7.50. The van der Waals surface area contributed by atoms with Gasteiger partial charge in [0.1, 0.15) is 5.66 Å². The van der Waals surface area contributed by atoms with Crippen LogP contribution < -0.4 is 15.0 Å². The maximum atomic E-state index is 6.20. The molecular formula is C24H23BN3O+. The molecule has 0 bridgehead atoms. The Kier molecular flexibility index (Phi) is 4.05. The first kappa shape index (κ1) is 17.7. The van der Waals surface area contributed by atoms with Gasteiger partial charge in [-0.15, -0.1) is 0 Å². The molecule has 0 aliphatic carbocycles. The van der Waals surface area contributed by atoms with Crippen molar-refractivity contribution >= 4 is 35.5 Å². The summed E-state index contributed by atoms with van der Waals surface area (Å²) >= 11 is 0. The highest BCUT2D eigenvalue weighted by Crippen LogP contribution is 2.29.